The lowest BCUT2D eigenvalue weighted by Gasteiger charge is -2.15. The van der Waals surface area contributed by atoms with Crippen molar-refractivity contribution >= 4 is 28.3 Å². The molecular formula is C11H16N4OS2. The molecule has 0 saturated carbocycles. The topological polar surface area (TPSA) is 77.8 Å². The number of aromatic nitrogens is 3. The van der Waals surface area contributed by atoms with E-state index in [-0.39, 0.29) is 4.75 Å². The number of aryl methyl sites for hydroxylation is 1. The molecule has 98 valence electrons. The summed E-state index contributed by atoms with van der Waals surface area (Å²) in [5, 5.41) is 4.59. The van der Waals surface area contributed by atoms with Gasteiger partial charge in [-0.3, -0.25) is 0 Å². The number of anilines is 1. The van der Waals surface area contributed by atoms with Crippen LogP contribution in [-0.4, -0.2) is 19.3 Å². The predicted octanol–water partition coefficient (Wildman–Crippen LogP) is 3.12. The maximum atomic E-state index is 5.85. The van der Waals surface area contributed by atoms with Crippen LogP contribution in [-0.2, 0) is 5.75 Å². The van der Waals surface area contributed by atoms with Crippen LogP contribution in [0.2, 0.25) is 0 Å². The summed E-state index contributed by atoms with van der Waals surface area (Å²) in [5.41, 5.74) is 7.44. The van der Waals surface area contributed by atoms with Crippen molar-refractivity contribution in [2.24, 2.45) is 0 Å². The molecule has 0 unspecified atom stereocenters. The second-order valence-electron chi connectivity index (χ2n) is 4.92. The molecule has 5 nitrogen and oxygen atoms in total. The summed E-state index contributed by atoms with van der Waals surface area (Å²) in [5.74, 6) is 1.88. The number of nitrogens with two attached hydrogens (primary N) is 1. The summed E-state index contributed by atoms with van der Waals surface area (Å²) in [6.45, 7) is 8.35. The number of nitrogen functional groups attached to an aromatic ring is 1. The van der Waals surface area contributed by atoms with Crippen molar-refractivity contribution in [2.45, 2.75) is 38.2 Å². The van der Waals surface area contributed by atoms with Crippen LogP contribution in [0, 0.1) is 6.92 Å². The van der Waals surface area contributed by atoms with Crippen molar-refractivity contribution in [3.63, 3.8) is 0 Å². The lowest BCUT2D eigenvalue weighted by molar-refractivity contribution is 0.425. The summed E-state index contributed by atoms with van der Waals surface area (Å²) in [4.78, 5) is 4.37. The molecule has 0 aromatic carbocycles. The first-order chi connectivity index (χ1) is 8.37. The Bertz CT molecular complexity index is 522. The van der Waals surface area contributed by atoms with E-state index in [1.807, 2.05) is 6.92 Å². The van der Waals surface area contributed by atoms with Crippen LogP contribution in [0.3, 0.4) is 0 Å². The molecule has 2 aromatic heterocycles. The van der Waals surface area contributed by atoms with Crippen LogP contribution >= 0.6 is 23.3 Å². The largest absolute Gasteiger partial charge is 0.389 e. The van der Waals surface area contributed by atoms with Crippen molar-refractivity contribution in [3.05, 3.63) is 11.5 Å². The Morgan fingerprint density at radius 1 is 1.39 bits per heavy atom. The highest BCUT2D eigenvalue weighted by Gasteiger charge is 2.18. The average Bonchev–Trinajstić information content (AvgIpc) is 2.82. The molecule has 0 bridgehead atoms. The Labute approximate surface area is 114 Å². The molecule has 2 heterocycles. The first-order valence-electron chi connectivity index (χ1n) is 5.55. The van der Waals surface area contributed by atoms with Crippen molar-refractivity contribution in [2.75, 3.05) is 5.73 Å². The number of hydrogen-bond donors (Lipinski definition) is 1. The van der Waals surface area contributed by atoms with Crippen molar-refractivity contribution in [1.29, 1.82) is 0 Å². The minimum absolute atomic E-state index is 0.180. The van der Waals surface area contributed by atoms with Gasteiger partial charge in [-0.25, -0.2) is 0 Å². The van der Waals surface area contributed by atoms with E-state index in [9.17, 15) is 0 Å². The van der Waals surface area contributed by atoms with Gasteiger partial charge in [-0.05, 0) is 18.5 Å². The molecule has 0 aliphatic heterocycles. The fourth-order valence-electron chi connectivity index (χ4n) is 1.34. The molecule has 0 radical (unpaired) electrons. The minimum Gasteiger partial charge on any atom is -0.389 e. The van der Waals surface area contributed by atoms with Crippen molar-refractivity contribution in [1.82, 2.24) is 14.5 Å². The lowest BCUT2D eigenvalue weighted by atomic mass is 10.2. The van der Waals surface area contributed by atoms with Crippen LogP contribution < -0.4 is 5.73 Å². The molecule has 7 heteroatoms. The van der Waals surface area contributed by atoms with E-state index >= 15 is 0 Å². The van der Waals surface area contributed by atoms with E-state index in [4.69, 9.17) is 10.3 Å². The third kappa shape index (κ3) is 3.02. The first kappa shape index (κ1) is 13.4. The van der Waals surface area contributed by atoms with E-state index in [0.29, 0.717) is 16.7 Å². The van der Waals surface area contributed by atoms with Gasteiger partial charge >= 0.3 is 0 Å². The highest BCUT2D eigenvalue weighted by atomic mass is 32.2. The number of thioether (sulfide) groups is 1. The second kappa shape index (κ2) is 4.89. The molecule has 0 atom stereocenters. The standard InChI is InChI=1S/C11H16N4OS2/c1-6-8(9(12)18-15-6)10-13-7(14-16-10)5-17-11(2,3)4/h5,12H2,1-4H3. The van der Waals surface area contributed by atoms with Gasteiger partial charge in [0.25, 0.3) is 5.89 Å². The van der Waals surface area contributed by atoms with Gasteiger partial charge in [0.05, 0.1) is 17.0 Å². The Kier molecular flexibility index (Phi) is 3.63. The van der Waals surface area contributed by atoms with Gasteiger partial charge in [-0.2, -0.15) is 9.36 Å². The Balaban J connectivity index is 2.16. The molecule has 0 aliphatic rings. The molecule has 0 saturated heterocycles. The Morgan fingerprint density at radius 3 is 2.67 bits per heavy atom. The average molecular weight is 284 g/mol. The number of rotatable bonds is 3. The summed E-state index contributed by atoms with van der Waals surface area (Å²) in [7, 11) is 0. The van der Waals surface area contributed by atoms with Gasteiger partial charge in [0, 0.05) is 4.75 Å². The zero-order chi connectivity index (χ0) is 13.3. The summed E-state index contributed by atoms with van der Waals surface area (Å²) in [6.07, 6.45) is 0. The van der Waals surface area contributed by atoms with Crippen molar-refractivity contribution in [3.8, 4) is 11.5 Å². The zero-order valence-corrected chi connectivity index (χ0v) is 12.5. The van der Waals surface area contributed by atoms with Crippen LogP contribution in [0.25, 0.3) is 11.5 Å². The predicted molar refractivity (Wildman–Crippen MR) is 75.6 cm³/mol. The molecule has 2 rings (SSSR count). The number of hydrogen-bond acceptors (Lipinski definition) is 7. The molecule has 0 amide bonds. The van der Waals surface area contributed by atoms with Gasteiger partial charge in [-0.15, -0.1) is 11.8 Å². The van der Waals surface area contributed by atoms with Gasteiger partial charge < -0.3 is 10.3 Å². The fraction of sp³-hybridized carbons (Fsp3) is 0.545. The lowest BCUT2D eigenvalue weighted by Crippen LogP contribution is -2.07. The maximum Gasteiger partial charge on any atom is 0.262 e. The van der Waals surface area contributed by atoms with Gasteiger partial charge in [0.15, 0.2) is 5.82 Å². The van der Waals surface area contributed by atoms with Crippen LogP contribution in [0.15, 0.2) is 4.52 Å². The molecule has 2 aromatic rings. The molecule has 0 spiro atoms. The van der Waals surface area contributed by atoms with E-state index in [1.54, 1.807) is 11.8 Å². The van der Waals surface area contributed by atoms with Crippen LogP contribution in [0.1, 0.15) is 32.3 Å². The molecule has 0 aliphatic carbocycles. The smallest absolute Gasteiger partial charge is 0.262 e. The third-order valence-electron chi connectivity index (χ3n) is 2.21. The van der Waals surface area contributed by atoms with E-state index < -0.39 is 0 Å². The van der Waals surface area contributed by atoms with Crippen LogP contribution in [0.4, 0.5) is 5.00 Å². The highest BCUT2D eigenvalue weighted by Crippen LogP contribution is 2.32. The second-order valence-corrected chi connectivity index (χ2v) is 7.53. The van der Waals surface area contributed by atoms with Crippen molar-refractivity contribution < 1.29 is 4.52 Å². The summed E-state index contributed by atoms with van der Waals surface area (Å²) < 4.78 is 9.60. The Morgan fingerprint density at radius 2 is 2.11 bits per heavy atom. The molecule has 0 fully saturated rings. The molecular weight excluding hydrogens is 268 g/mol. The van der Waals surface area contributed by atoms with E-state index in [1.165, 1.54) is 11.5 Å². The molecule has 18 heavy (non-hydrogen) atoms. The third-order valence-corrected chi connectivity index (χ3v) is 4.24. The maximum absolute atomic E-state index is 5.85. The van der Waals surface area contributed by atoms with Gasteiger partial charge in [0.2, 0.25) is 0 Å². The Hall–Kier alpha value is -1.08. The van der Waals surface area contributed by atoms with Crippen LogP contribution in [0.5, 0.6) is 0 Å². The highest BCUT2D eigenvalue weighted by molar-refractivity contribution is 7.99. The number of nitrogens with zero attached hydrogens (tertiary/aromatic N) is 3. The van der Waals surface area contributed by atoms with Gasteiger partial charge in [0.1, 0.15) is 5.00 Å². The quantitative estimate of drug-likeness (QED) is 0.933. The fourth-order valence-corrected chi connectivity index (χ4v) is 2.67. The summed E-state index contributed by atoms with van der Waals surface area (Å²) >= 11 is 3.02. The zero-order valence-electron chi connectivity index (χ0n) is 10.9. The van der Waals surface area contributed by atoms with E-state index in [2.05, 4.69) is 35.3 Å². The minimum atomic E-state index is 0.180. The van der Waals surface area contributed by atoms with Gasteiger partial charge in [-0.1, -0.05) is 25.9 Å². The monoisotopic (exact) mass is 284 g/mol. The molecule has 2 N–H and O–H groups in total. The summed E-state index contributed by atoms with van der Waals surface area (Å²) in [6, 6.07) is 0. The van der Waals surface area contributed by atoms with E-state index in [0.717, 1.165) is 17.0 Å². The normalized spacial score (nSPS) is 12.0. The first-order valence-corrected chi connectivity index (χ1v) is 7.31. The SMILES string of the molecule is Cc1nsc(N)c1-c1nc(CSC(C)(C)C)no1.